The standard InChI is InChI=1S/C31H37Cl2N3O6S/c1-6-21(3)34-31(38)27(7-2)35(19-22-13-14-23(32)17-26(22)33)30(37)20-36(43(39,40)25-11-9-8-10-12-25)28-18-24(41-4)15-16-29(28)42-5/h8-18,21,27H,6-7,19-20H2,1-5H3,(H,34,38)/t21-,27-/m0/s1. The number of nitrogens with zero attached hydrogens (tertiary/aromatic N) is 2. The molecule has 2 atom stereocenters. The van der Waals surface area contributed by atoms with Crippen LogP contribution in [0.3, 0.4) is 0 Å². The Balaban J connectivity index is 2.16. The average molecular weight is 651 g/mol. The van der Waals surface area contributed by atoms with Gasteiger partial charge in [0.15, 0.2) is 0 Å². The molecule has 0 bridgehead atoms. The predicted octanol–water partition coefficient (Wildman–Crippen LogP) is 5.93. The van der Waals surface area contributed by atoms with Crippen molar-refractivity contribution in [3.05, 3.63) is 82.3 Å². The number of amides is 2. The molecule has 0 aliphatic carbocycles. The molecule has 0 fully saturated rings. The molecule has 0 saturated carbocycles. The van der Waals surface area contributed by atoms with Gasteiger partial charge in [-0.25, -0.2) is 8.42 Å². The number of sulfonamides is 1. The maximum atomic E-state index is 14.3. The summed E-state index contributed by atoms with van der Waals surface area (Å²) in [7, 11) is -1.44. The van der Waals surface area contributed by atoms with Gasteiger partial charge in [-0.2, -0.15) is 0 Å². The number of carbonyl (C=O) groups excluding carboxylic acids is 2. The summed E-state index contributed by atoms with van der Waals surface area (Å²) in [4.78, 5) is 29.1. The van der Waals surface area contributed by atoms with E-state index in [4.69, 9.17) is 32.7 Å². The summed E-state index contributed by atoms with van der Waals surface area (Å²) in [5.41, 5.74) is 0.645. The van der Waals surface area contributed by atoms with Crippen molar-refractivity contribution in [2.24, 2.45) is 0 Å². The molecule has 0 aromatic heterocycles. The SMILES string of the molecule is CC[C@H](C)NC(=O)[C@H](CC)N(Cc1ccc(Cl)cc1Cl)C(=O)CN(c1cc(OC)ccc1OC)S(=O)(=O)c1ccccc1. The average Bonchev–Trinajstić information content (AvgIpc) is 3.00. The summed E-state index contributed by atoms with van der Waals surface area (Å²) in [5, 5.41) is 3.67. The van der Waals surface area contributed by atoms with Crippen molar-refractivity contribution in [3.63, 3.8) is 0 Å². The maximum absolute atomic E-state index is 14.3. The zero-order valence-corrected chi connectivity index (χ0v) is 27.2. The first-order valence-electron chi connectivity index (χ1n) is 13.8. The van der Waals surface area contributed by atoms with Crippen molar-refractivity contribution >= 4 is 50.7 Å². The Morgan fingerprint density at radius 3 is 2.21 bits per heavy atom. The third-order valence-corrected chi connectivity index (χ3v) is 9.37. The van der Waals surface area contributed by atoms with E-state index in [-0.39, 0.29) is 41.2 Å². The molecule has 0 spiro atoms. The topological polar surface area (TPSA) is 105 Å². The Hall–Kier alpha value is -3.47. The van der Waals surface area contributed by atoms with Gasteiger partial charge in [-0.3, -0.25) is 13.9 Å². The lowest BCUT2D eigenvalue weighted by molar-refractivity contribution is -0.140. The molecular formula is C31H37Cl2N3O6S. The number of hydrogen-bond donors (Lipinski definition) is 1. The van der Waals surface area contributed by atoms with Gasteiger partial charge in [-0.1, -0.05) is 61.3 Å². The lowest BCUT2D eigenvalue weighted by Crippen LogP contribution is -2.53. The van der Waals surface area contributed by atoms with E-state index in [9.17, 15) is 18.0 Å². The molecule has 0 aliphatic heterocycles. The van der Waals surface area contributed by atoms with Gasteiger partial charge in [0.05, 0.1) is 24.8 Å². The predicted molar refractivity (Wildman–Crippen MR) is 170 cm³/mol. The largest absolute Gasteiger partial charge is 0.497 e. The van der Waals surface area contributed by atoms with E-state index in [0.717, 1.165) is 4.31 Å². The van der Waals surface area contributed by atoms with E-state index in [0.29, 0.717) is 27.8 Å². The summed E-state index contributed by atoms with van der Waals surface area (Å²) in [6.45, 7) is 4.90. The third-order valence-electron chi connectivity index (χ3n) is 7.01. The number of halogens is 2. The first kappa shape index (κ1) is 34.0. The zero-order valence-electron chi connectivity index (χ0n) is 24.8. The van der Waals surface area contributed by atoms with Gasteiger partial charge in [0, 0.05) is 28.7 Å². The fraction of sp³-hybridized carbons (Fsp3) is 0.355. The highest BCUT2D eigenvalue weighted by molar-refractivity contribution is 7.92. The molecule has 0 radical (unpaired) electrons. The Kier molecular flexibility index (Phi) is 12.1. The number of benzene rings is 3. The van der Waals surface area contributed by atoms with Crippen molar-refractivity contribution in [1.29, 1.82) is 0 Å². The minimum absolute atomic E-state index is 0.0264. The Morgan fingerprint density at radius 2 is 1.63 bits per heavy atom. The number of anilines is 1. The van der Waals surface area contributed by atoms with E-state index in [2.05, 4.69) is 5.32 Å². The van der Waals surface area contributed by atoms with E-state index < -0.39 is 28.5 Å². The highest BCUT2D eigenvalue weighted by Crippen LogP contribution is 2.36. The monoisotopic (exact) mass is 649 g/mol. The Morgan fingerprint density at radius 1 is 0.930 bits per heavy atom. The van der Waals surface area contributed by atoms with Crippen LogP contribution in [0.15, 0.2) is 71.6 Å². The van der Waals surface area contributed by atoms with Gasteiger partial charge in [-0.15, -0.1) is 0 Å². The molecule has 9 nitrogen and oxygen atoms in total. The molecule has 3 aromatic rings. The van der Waals surface area contributed by atoms with Crippen LogP contribution in [0.25, 0.3) is 0 Å². The Bertz CT molecular complexity index is 1520. The number of ether oxygens (including phenoxy) is 2. The number of methoxy groups -OCH3 is 2. The first-order valence-corrected chi connectivity index (χ1v) is 16.0. The van der Waals surface area contributed by atoms with Crippen LogP contribution in [-0.4, -0.2) is 58.0 Å². The number of hydrogen-bond acceptors (Lipinski definition) is 6. The molecule has 232 valence electrons. The third kappa shape index (κ3) is 8.34. The molecule has 2 amide bonds. The molecule has 0 unspecified atom stereocenters. The molecule has 0 heterocycles. The van der Waals surface area contributed by atoms with E-state index in [1.807, 2.05) is 13.8 Å². The van der Waals surface area contributed by atoms with Gasteiger partial charge < -0.3 is 19.7 Å². The fourth-order valence-corrected chi connectivity index (χ4v) is 6.32. The highest BCUT2D eigenvalue weighted by Gasteiger charge is 2.35. The molecule has 3 aromatic carbocycles. The second-order valence-corrected chi connectivity index (χ2v) is 12.6. The molecular weight excluding hydrogens is 613 g/mol. The zero-order chi connectivity index (χ0) is 31.7. The minimum Gasteiger partial charge on any atom is -0.497 e. The van der Waals surface area contributed by atoms with Gasteiger partial charge in [0.1, 0.15) is 24.1 Å². The van der Waals surface area contributed by atoms with Crippen molar-refractivity contribution in [2.75, 3.05) is 25.1 Å². The van der Waals surface area contributed by atoms with Crippen LogP contribution in [0.4, 0.5) is 5.69 Å². The molecule has 0 aliphatic rings. The summed E-state index contributed by atoms with van der Waals surface area (Å²) < 4.78 is 40.1. The van der Waals surface area contributed by atoms with Crippen LogP contribution in [0.2, 0.25) is 10.0 Å². The second-order valence-electron chi connectivity index (χ2n) is 9.86. The minimum atomic E-state index is -4.30. The molecule has 1 N–H and O–H groups in total. The number of rotatable bonds is 14. The lowest BCUT2D eigenvalue weighted by Gasteiger charge is -2.34. The van der Waals surface area contributed by atoms with Crippen molar-refractivity contribution in [2.45, 2.75) is 57.1 Å². The fourth-order valence-electron chi connectivity index (χ4n) is 4.42. The summed E-state index contributed by atoms with van der Waals surface area (Å²) in [6.07, 6.45) is 0.963. The molecule has 43 heavy (non-hydrogen) atoms. The van der Waals surface area contributed by atoms with Gasteiger partial charge in [-0.05, 0) is 61.7 Å². The summed E-state index contributed by atoms with van der Waals surface area (Å²) in [6, 6.07) is 16.3. The van der Waals surface area contributed by atoms with Gasteiger partial charge in [0.25, 0.3) is 10.0 Å². The van der Waals surface area contributed by atoms with Crippen LogP contribution < -0.4 is 19.1 Å². The number of carbonyl (C=O) groups is 2. The highest BCUT2D eigenvalue weighted by atomic mass is 35.5. The molecule has 12 heteroatoms. The van der Waals surface area contributed by atoms with E-state index in [1.165, 1.54) is 37.3 Å². The van der Waals surface area contributed by atoms with Crippen molar-refractivity contribution < 1.29 is 27.5 Å². The number of nitrogens with one attached hydrogen (secondary N) is 1. The van der Waals surface area contributed by atoms with E-state index >= 15 is 0 Å². The van der Waals surface area contributed by atoms with Gasteiger partial charge in [0.2, 0.25) is 11.8 Å². The van der Waals surface area contributed by atoms with Crippen LogP contribution in [0.5, 0.6) is 11.5 Å². The van der Waals surface area contributed by atoms with Crippen molar-refractivity contribution in [3.8, 4) is 11.5 Å². The normalized spacial score (nSPS) is 12.6. The second kappa shape index (κ2) is 15.3. The summed E-state index contributed by atoms with van der Waals surface area (Å²) in [5.74, 6) is -0.407. The van der Waals surface area contributed by atoms with Crippen LogP contribution in [0.1, 0.15) is 39.2 Å². The molecule has 0 saturated heterocycles. The van der Waals surface area contributed by atoms with Crippen molar-refractivity contribution in [1.82, 2.24) is 10.2 Å². The van der Waals surface area contributed by atoms with Crippen LogP contribution in [0, 0.1) is 0 Å². The smallest absolute Gasteiger partial charge is 0.264 e. The van der Waals surface area contributed by atoms with E-state index in [1.54, 1.807) is 55.5 Å². The first-order chi connectivity index (χ1) is 20.5. The Labute approximate surface area is 263 Å². The van der Waals surface area contributed by atoms with Crippen LogP contribution >= 0.6 is 23.2 Å². The molecule has 3 rings (SSSR count). The quantitative estimate of drug-likeness (QED) is 0.232. The summed E-state index contributed by atoms with van der Waals surface area (Å²) >= 11 is 12.6. The van der Waals surface area contributed by atoms with Crippen LogP contribution in [-0.2, 0) is 26.2 Å². The van der Waals surface area contributed by atoms with Gasteiger partial charge >= 0.3 is 0 Å². The lowest BCUT2D eigenvalue weighted by atomic mass is 10.1. The maximum Gasteiger partial charge on any atom is 0.264 e.